The van der Waals surface area contributed by atoms with E-state index in [1.807, 2.05) is 0 Å². The molecule has 21 heavy (non-hydrogen) atoms. The SMILES string of the molecule is CCN(CC)Cc1cc(OC)c2c(c1OC)CCN(C)C2. The van der Waals surface area contributed by atoms with Gasteiger partial charge in [-0.05, 0) is 32.6 Å². The smallest absolute Gasteiger partial charge is 0.127 e. The van der Waals surface area contributed by atoms with Crippen LogP contribution in [0.5, 0.6) is 11.5 Å². The van der Waals surface area contributed by atoms with E-state index in [0.717, 1.165) is 50.6 Å². The van der Waals surface area contributed by atoms with Crippen molar-refractivity contribution < 1.29 is 9.47 Å². The zero-order valence-electron chi connectivity index (χ0n) is 14.0. The highest BCUT2D eigenvalue weighted by atomic mass is 16.5. The number of likely N-dealkylation sites (N-methyl/N-ethyl adjacent to an activating group) is 1. The van der Waals surface area contributed by atoms with Crippen LogP contribution < -0.4 is 9.47 Å². The number of fused-ring (bicyclic) bond motifs is 1. The molecule has 0 amide bonds. The molecule has 1 heterocycles. The van der Waals surface area contributed by atoms with Crippen LogP contribution in [0.1, 0.15) is 30.5 Å². The molecular weight excluding hydrogens is 264 g/mol. The van der Waals surface area contributed by atoms with Gasteiger partial charge < -0.3 is 14.4 Å². The maximum atomic E-state index is 5.77. The van der Waals surface area contributed by atoms with Crippen LogP contribution in [0.2, 0.25) is 0 Å². The lowest BCUT2D eigenvalue weighted by molar-refractivity contribution is 0.279. The van der Waals surface area contributed by atoms with Gasteiger partial charge in [0.2, 0.25) is 0 Å². The van der Waals surface area contributed by atoms with E-state index in [9.17, 15) is 0 Å². The van der Waals surface area contributed by atoms with E-state index in [-0.39, 0.29) is 0 Å². The summed E-state index contributed by atoms with van der Waals surface area (Å²) in [7, 11) is 5.70. The van der Waals surface area contributed by atoms with Gasteiger partial charge in [0.1, 0.15) is 11.5 Å². The summed E-state index contributed by atoms with van der Waals surface area (Å²) in [4.78, 5) is 4.73. The van der Waals surface area contributed by atoms with Gasteiger partial charge >= 0.3 is 0 Å². The van der Waals surface area contributed by atoms with Crippen LogP contribution in [0.25, 0.3) is 0 Å². The molecule has 2 rings (SSSR count). The Bertz CT molecular complexity index is 484. The second-order valence-corrected chi connectivity index (χ2v) is 5.68. The Balaban J connectivity index is 2.46. The fraction of sp³-hybridized carbons (Fsp3) is 0.647. The molecule has 0 atom stereocenters. The van der Waals surface area contributed by atoms with Crippen LogP contribution in [-0.2, 0) is 19.5 Å². The molecule has 0 saturated heterocycles. The van der Waals surface area contributed by atoms with E-state index in [1.165, 1.54) is 16.7 Å². The second kappa shape index (κ2) is 7.14. The lowest BCUT2D eigenvalue weighted by Gasteiger charge is -2.30. The summed E-state index contributed by atoms with van der Waals surface area (Å²) < 4.78 is 11.4. The highest BCUT2D eigenvalue weighted by molar-refractivity contribution is 5.54. The minimum absolute atomic E-state index is 0.912. The topological polar surface area (TPSA) is 24.9 Å². The first kappa shape index (κ1) is 16.1. The average molecular weight is 292 g/mol. The Morgan fingerprint density at radius 3 is 2.43 bits per heavy atom. The van der Waals surface area contributed by atoms with Crippen LogP contribution in [0, 0.1) is 0 Å². The van der Waals surface area contributed by atoms with E-state index in [1.54, 1.807) is 14.2 Å². The van der Waals surface area contributed by atoms with Crippen LogP contribution in [-0.4, -0.2) is 50.7 Å². The first-order valence-electron chi connectivity index (χ1n) is 7.81. The molecule has 118 valence electrons. The average Bonchev–Trinajstić information content (AvgIpc) is 2.51. The van der Waals surface area contributed by atoms with Crippen LogP contribution in [0.3, 0.4) is 0 Å². The second-order valence-electron chi connectivity index (χ2n) is 5.68. The van der Waals surface area contributed by atoms with Gasteiger partial charge in [-0.25, -0.2) is 0 Å². The molecule has 0 aromatic heterocycles. The number of benzene rings is 1. The van der Waals surface area contributed by atoms with Crippen molar-refractivity contribution in [3.8, 4) is 11.5 Å². The maximum absolute atomic E-state index is 5.77. The molecule has 0 fully saturated rings. The van der Waals surface area contributed by atoms with E-state index < -0.39 is 0 Å². The Morgan fingerprint density at radius 2 is 1.86 bits per heavy atom. The largest absolute Gasteiger partial charge is 0.496 e. The minimum atomic E-state index is 0.912. The van der Waals surface area contributed by atoms with E-state index >= 15 is 0 Å². The molecule has 0 radical (unpaired) electrons. The third kappa shape index (κ3) is 3.33. The number of hydrogen-bond donors (Lipinski definition) is 0. The normalized spacial score (nSPS) is 15.1. The lowest BCUT2D eigenvalue weighted by Crippen LogP contribution is -2.28. The van der Waals surface area contributed by atoms with Gasteiger partial charge in [-0.3, -0.25) is 4.90 Å². The molecule has 1 aromatic carbocycles. The standard InChI is InChI=1S/C17H28N2O2/c1-6-19(7-2)11-13-10-16(20-4)15-12-18(3)9-8-14(15)17(13)21-5/h10H,6-9,11-12H2,1-5H3. The quantitative estimate of drug-likeness (QED) is 0.804. The molecule has 0 N–H and O–H groups in total. The fourth-order valence-corrected chi connectivity index (χ4v) is 3.12. The van der Waals surface area contributed by atoms with Crippen molar-refractivity contribution in [1.82, 2.24) is 9.80 Å². The third-order valence-corrected chi connectivity index (χ3v) is 4.42. The van der Waals surface area contributed by atoms with E-state index in [0.29, 0.717) is 0 Å². The van der Waals surface area contributed by atoms with Gasteiger partial charge in [0.05, 0.1) is 14.2 Å². The van der Waals surface area contributed by atoms with Crippen molar-refractivity contribution in [1.29, 1.82) is 0 Å². The van der Waals surface area contributed by atoms with Gasteiger partial charge in [0.25, 0.3) is 0 Å². The van der Waals surface area contributed by atoms with E-state index in [4.69, 9.17) is 9.47 Å². The molecule has 4 nitrogen and oxygen atoms in total. The summed E-state index contributed by atoms with van der Waals surface area (Å²) in [6.45, 7) is 9.39. The van der Waals surface area contributed by atoms with Gasteiger partial charge in [0.15, 0.2) is 0 Å². The fourth-order valence-electron chi connectivity index (χ4n) is 3.12. The summed E-state index contributed by atoms with van der Waals surface area (Å²) in [6.07, 6.45) is 1.03. The maximum Gasteiger partial charge on any atom is 0.127 e. The molecule has 0 aliphatic carbocycles. The third-order valence-electron chi connectivity index (χ3n) is 4.42. The predicted octanol–water partition coefficient (Wildman–Crippen LogP) is 2.53. The summed E-state index contributed by atoms with van der Waals surface area (Å²) in [5, 5.41) is 0. The van der Waals surface area contributed by atoms with Gasteiger partial charge in [-0.1, -0.05) is 13.8 Å². The molecule has 0 bridgehead atoms. The van der Waals surface area contributed by atoms with Gasteiger partial charge in [-0.2, -0.15) is 0 Å². The van der Waals surface area contributed by atoms with E-state index in [2.05, 4.69) is 36.8 Å². The molecule has 1 aromatic rings. The number of hydrogen-bond acceptors (Lipinski definition) is 4. The number of methoxy groups -OCH3 is 2. The Morgan fingerprint density at radius 1 is 1.14 bits per heavy atom. The minimum Gasteiger partial charge on any atom is -0.496 e. The Hall–Kier alpha value is -1.26. The number of ether oxygens (including phenoxy) is 2. The highest BCUT2D eigenvalue weighted by Crippen LogP contribution is 2.38. The predicted molar refractivity (Wildman–Crippen MR) is 86.2 cm³/mol. The number of nitrogens with zero attached hydrogens (tertiary/aromatic N) is 2. The monoisotopic (exact) mass is 292 g/mol. The van der Waals surface area contributed by atoms with Crippen molar-refractivity contribution >= 4 is 0 Å². The van der Waals surface area contributed by atoms with Crippen LogP contribution in [0.4, 0.5) is 0 Å². The lowest BCUT2D eigenvalue weighted by atomic mass is 9.94. The molecule has 4 heteroatoms. The molecule has 1 aliphatic heterocycles. The van der Waals surface area contributed by atoms with Crippen molar-refractivity contribution in [3.63, 3.8) is 0 Å². The molecular formula is C17H28N2O2. The first-order valence-corrected chi connectivity index (χ1v) is 7.81. The van der Waals surface area contributed by atoms with Crippen molar-refractivity contribution in [3.05, 3.63) is 22.8 Å². The Kier molecular flexibility index (Phi) is 5.48. The van der Waals surface area contributed by atoms with Crippen molar-refractivity contribution in [2.45, 2.75) is 33.4 Å². The number of rotatable bonds is 6. The first-order chi connectivity index (χ1) is 10.1. The molecule has 1 aliphatic rings. The summed E-state index contributed by atoms with van der Waals surface area (Å²) in [5.74, 6) is 2.06. The van der Waals surface area contributed by atoms with Crippen molar-refractivity contribution in [2.24, 2.45) is 0 Å². The zero-order chi connectivity index (χ0) is 15.4. The molecule has 0 saturated carbocycles. The van der Waals surface area contributed by atoms with Gasteiger partial charge in [-0.15, -0.1) is 0 Å². The van der Waals surface area contributed by atoms with Crippen LogP contribution in [0.15, 0.2) is 6.07 Å². The van der Waals surface area contributed by atoms with Crippen LogP contribution >= 0.6 is 0 Å². The molecule has 0 unspecified atom stereocenters. The molecule has 0 spiro atoms. The summed E-state index contributed by atoms with van der Waals surface area (Å²) in [6, 6.07) is 2.16. The zero-order valence-corrected chi connectivity index (χ0v) is 14.0. The highest BCUT2D eigenvalue weighted by Gasteiger charge is 2.24. The van der Waals surface area contributed by atoms with Crippen molar-refractivity contribution in [2.75, 3.05) is 40.9 Å². The van der Waals surface area contributed by atoms with Gasteiger partial charge in [0, 0.05) is 36.3 Å². The Labute approximate surface area is 128 Å². The summed E-state index contributed by atoms with van der Waals surface area (Å²) >= 11 is 0. The summed E-state index contributed by atoms with van der Waals surface area (Å²) in [5.41, 5.74) is 3.85.